The van der Waals surface area contributed by atoms with E-state index < -0.39 is 0 Å². The number of hydrogen-bond donors (Lipinski definition) is 1. The lowest BCUT2D eigenvalue weighted by Crippen LogP contribution is -2.13. The zero-order valence-electron chi connectivity index (χ0n) is 8.31. The smallest absolute Gasteiger partial charge is 0.223 e. The maximum atomic E-state index is 10.7. The zero-order chi connectivity index (χ0) is 11.5. The minimum Gasteiger partial charge on any atom is -0.369 e. The molecule has 0 atom stereocenters. The maximum Gasteiger partial charge on any atom is 0.223 e. The fraction of sp³-hybridized carbons (Fsp3) is 0.0909. The molecule has 1 aromatic heterocycles. The summed E-state index contributed by atoms with van der Waals surface area (Å²) in [4.78, 5) is 15.1. The van der Waals surface area contributed by atoms with Gasteiger partial charge in [0.25, 0.3) is 0 Å². The van der Waals surface area contributed by atoms with E-state index in [1.54, 1.807) is 0 Å². The summed E-state index contributed by atoms with van der Waals surface area (Å²) in [5.74, 6) is -0.354. The number of nitrogens with zero attached hydrogens (tertiary/aromatic N) is 1. The first-order valence-corrected chi connectivity index (χ1v) is 6.31. The van der Waals surface area contributed by atoms with Gasteiger partial charge < -0.3 is 5.73 Å². The topological polar surface area (TPSA) is 56.0 Å². The van der Waals surface area contributed by atoms with E-state index in [0.29, 0.717) is 0 Å². The van der Waals surface area contributed by atoms with E-state index in [4.69, 9.17) is 5.73 Å². The van der Waals surface area contributed by atoms with Crippen molar-refractivity contribution in [3.05, 3.63) is 39.8 Å². The van der Waals surface area contributed by atoms with Crippen molar-refractivity contribution in [3.8, 4) is 10.6 Å². The third-order valence-electron chi connectivity index (χ3n) is 2.00. The standard InChI is InChI=1S/C11H9BrN2OS/c12-8-3-1-7(2-4-8)11-14-9(6-16-11)5-10(13)15/h1-4,6H,5H2,(H2,13,15). The van der Waals surface area contributed by atoms with Crippen LogP contribution in [-0.2, 0) is 11.2 Å². The quantitative estimate of drug-likeness (QED) is 0.946. The summed E-state index contributed by atoms with van der Waals surface area (Å²) in [6, 6.07) is 7.89. The van der Waals surface area contributed by atoms with E-state index in [1.165, 1.54) is 11.3 Å². The van der Waals surface area contributed by atoms with E-state index in [1.807, 2.05) is 29.6 Å². The summed E-state index contributed by atoms with van der Waals surface area (Å²) in [5, 5.41) is 2.77. The largest absolute Gasteiger partial charge is 0.369 e. The second-order valence-corrected chi connectivity index (χ2v) is 5.07. The van der Waals surface area contributed by atoms with Crippen LogP contribution in [-0.4, -0.2) is 10.9 Å². The van der Waals surface area contributed by atoms with E-state index in [-0.39, 0.29) is 12.3 Å². The Morgan fingerprint density at radius 3 is 2.69 bits per heavy atom. The number of benzene rings is 1. The minimum absolute atomic E-state index is 0.201. The van der Waals surface area contributed by atoms with Crippen LogP contribution in [0.15, 0.2) is 34.1 Å². The van der Waals surface area contributed by atoms with Crippen molar-refractivity contribution in [2.24, 2.45) is 5.73 Å². The molecule has 0 fully saturated rings. The molecule has 2 N–H and O–H groups in total. The molecule has 0 unspecified atom stereocenters. The van der Waals surface area contributed by atoms with Gasteiger partial charge in [-0.2, -0.15) is 0 Å². The Hall–Kier alpha value is -1.20. The third kappa shape index (κ3) is 2.68. The van der Waals surface area contributed by atoms with Crippen molar-refractivity contribution in [2.45, 2.75) is 6.42 Å². The zero-order valence-corrected chi connectivity index (χ0v) is 10.7. The van der Waals surface area contributed by atoms with Crippen LogP contribution in [0.2, 0.25) is 0 Å². The van der Waals surface area contributed by atoms with Crippen LogP contribution in [0.3, 0.4) is 0 Å². The lowest BCUT2D eigenvalue weighted by molar-refractivity contribution is -0.117. The fourth-order valence-corrected chi connectivity index (χ4v) is 2.38. The average molecular weight is 297 g/mol. The van der Waals surface area contributed by atoms with E-state index in [2.05, 4.69) is 20.9 Å². The number of aromatic nitrogens is 1. The van der Waals surface area contributed by atoms with Crippen molar-refractivity contribution in [3.63, 3.8) is 0 Å². The summed E-state index contributed by atoms with van der Waals surface area (Å²) in [7, 11) is 0. The highest BCUT2D eigenvalue weighted by atomic mass is 79.9. The lowest BCUT2D eigenvalue weighted by atomic mass is 10.2. The van der Waals surface area contributed by atoms with Crippen LogP contribution in [0.5, 0.6) is 0 Å². The number of nitrogens with two attached hydrogens (primary N) is 1. The van der Waals surface area contributed by atoms with Crippen LogP contribution in [0, 0.1) is 0 Å². The van der Waals surface area contributed by atoms with Crippen molar-refractivity contribution >= 4 is 33.2 Å². The Morgan fingerprint density at radius 2 is 2.06 bits per heavy atom. The maximum absolute atomic E-state index is 10.7. The van der Waals surface area contributed by atoms with Gasteiger partial charge in [0.15, 0.2) is 0 Å². The van der Waals surface area contributed by atoms with Gasteiger partial charge in [-0.1, -0.05) is 28.1 Å². The van der Waals surface area contributed by atoms with Gasteiger partial charge in [-0.15, -0.1) is 11.3 Å². The van der Waals surface area contributed by atoms with Crippen molar-refractivity contribution in [2.75, 3.05) is 0 Å². The first-order valence-electron chi connectivity index (χ1n) is 4.64. The molecule has 1 heterocycles. The van der Waals surface area contributed by atoms with Crippen molar-refractivity contribution in [1.82, 2.24) is 4.98 Å². The van der Waals surface area contributed by atoms with Crippen LogP contribution in [0.25, 0.3) is 10.6 Å². The summed E-state index contributed by atoms with van der Waals surface area (Å²) in [5.41, 5.74) is 6.89. The molecule has 0 aliphatic heterocycles. The van der Waals surface area contributed by atoms with Gasteiger partial charge in [0.2, 0.25) is 5.91 Å². The molecule has 0 aliphatic rings. The van der Waals surface area contributed by atoms with Gasteiger partial charge in [-0.3, -0.25) is 4.79 Å². The molecular formula is C11H9BrN2OS. The van der Waals surface area contributed by atoms with E-state index in [9.17, 15) is 4.79 Å². The Labute approximate surface area is 105 Å². The Balaban J connectivity index is 2.24. The predicted molar refractivity (Wildman–Crippen MR) is 68.1 cm³/mol. The Bertz CT molecular complexity index is 507. The summed E-state index contributed by atoms with van der Waals surface area (Å²) < 4.78 is 1.03. The number of amides is 1. The molecule has 0 saturated carbocycles. The summed E-state index contributed by atoms with van der Waals surface area (Å²) in [6.07, 6.45) is 0.201. The number of rotatable bonds is 3. The number of halogens is 1. The highest BCUT2D eigenvalue weighted by molar-refractivity contribution is 9.10. The molecule has 16 heavy (non-hydrogen) atoms. The molecule has 82 valence electrons. The van der Waals surface area contributed by atoms with Gasteiger partial charge in [-0.05, 0) is 12.1 Å². The highest BCUT2D eigenvalue weighted by Gasteiger charge is 2.06. The molecule has 0 saturated heterocycles. The van der Waals surface area contributed by atoms with Crippen molar-refractivity contribution < 1.29 is 4.79 Å². The van der Waals surface area contributed by atoms with Gasteiger partial charge in [0, 0.05) is 15.4 Å². The molecule has 0 spiro atoms. The van der Waals surface area contributed by atoms with Crippen molar-refractivity contribution in [1.29, 1.82) is 0 Å². The predicted octanol–water partition coefficient (Wildman–Crippen LogP) is 2.60. The van der Waals surface area contributed by atoms with Crippen LogP contribution < -0.4 is 5.73 Å². The minimum atomic E-state index is -0.354. The first kappa shape index (κ1) is 11.3. The lowest BCUT2D eigenvalue weighted by Gasteiger charge is -1.95. The van der Waals surface area contributed by atoms with Crippen LogP contribution in [0.1, 0.15) is 5.69 Å². The first-order chi connectivity index (χ1) is 7.65. The molecule has 1 amide bonds. The molecule has 2 aromatic rings. The van der Waals surface area contributed by atoms with Gasteiger partial charge in [0.1, 0.15) is 5.01 Å². The Kier molecular flexibility index (Phi) is 3.36. The van der Waals surface area contributed by atoms with Crippen LogP contribution >= 0.6 is 27.3 Å². The molecule has 3 nitrogen and oxygen atoms in total. The van der Waals surface area contributed by atoms with E-state index >= 15 is 0 Å². The number of hydrogen-bond acceptors (Lipinski definition) is 3. The monoisotopic (exact) mass is 296 g/mol. The normalized spacial score (nSPS) is 10.3. The second kappa shape index (κ2) is 4.76. The number of primary amides is 1. The third-order valence-corrected chi connectivity index (χ3v) is 3.47. The molecule has 1 aromatic carbocycles. The summed E-state index contributed by atoms with van der Waals surface area (Å²) in [6.45, 7) is 0. The molecule has 5 heteroatoms. The highest BCUT2D eigenvalue weighted by Crippen LogP contribution is 2.25. The van der Waals surface area contributed by atoms with Gasteiger partial charge >= 0.3 is 0 Å². The van der Waals surface area contributed by atoms with Crippen LogP contribution in [0.4, 0.5) is 0 Å². The molecule has 0 aliphatic carbocycles. The molecular weight excluding hydrogens is 288 g/mol. The molecule has 0 bridgehead atoms. The number of carbonyl (C=O) groups is 1. The molecule has 2 rings (SSSR count). The molecule has 0 radical (unpaired) electrons. The second-order valence-electron chi connectivity index (χ2n) is 3.29. The van der Waals surface area contributed by atoms with E-state index in [0.717, 1.165) is 20.7 Å². The fourth-order valence-electron chi connectivity index (χ4n) is 1.29. The van der Waals surface area contributed by atoms with Gasteiger partial charge in [0.05, 0.1) is 12.1 Å². The average Bonchev–Trinajstić information content (AvgIpc) is 2.66. The number of thiazole rings is 1. The van der Waals surface area contributed by atoms with Gasteiger partial charge in [-0.25, -0.2) is 4.98 Å². The Morgan fingerprint density at radius 1 is 1.38 bits per heavy atom. The number of carbonyl (C=O) groups excluding carboxylic acids is 1. The SMILES string of the molecule is NC(=O)Cc1csc(-c2ccc(Br)cc2)n1. The summed E-state index contributed by atoms with van der Waals surface area (Å²) >= 11 is 4.89.